The van der Waals surface area contributed by atoms with Gasteiger partial charge in [0.1, 0.15) is 24.5 Å². The van der Waals surface area contributed by atoms with Gasteiger partial charge < -0.3 is 4.90 Å². The second-order valence-electron chi connectivity index (χ2n) is 6.88. The van der Waals surface area contributed by atoms with Crippen LogP contribution >= 0.6 is 22.6 Å². The van der Waals surface area contributed by atoms with E-state index in [1.807, 2.05) is 35.6 Å². The Morgan fingerprint density at radius 2 is 1.91 bits per heavy atom. The van der Waals surface area contributed by atoms with E-state index in [4.69, 9.17) is 5.26 Å². The Balaban J connectivity index is 1.78. The van der Waals surface area contributed by atoms with Gasteiger partial charge in [-0.15, -0.1) is 0 Å². The number of nitriles is 1. The number of hydrogen-bond acceptors (Lipinski definition) is 7. The number of hydrogen-bond donors (Lipinski definition) is 0. The first-order chi connectivity index (χ1) is 15.2. The van der Waals surface area contributed by atoms with E-state index >= 15 is 0 Å². The number of halogens is 4. The standard InChI is InChI=1S/C20H14F3IN8/c1-11(18-29-10-30-32(18)16-4-3-12(7-25)8-26-16)31(2)19-14-5-13(24)6-15(20(21,22)23)17(14)27-9-28-19/h3-6,8-11H,1-2H3/t11-/m0/s1. The Morgan fingerprint density at radius 3 is 2.56 bits per heavy atom. The Labute approximate surface area is 193 Å². The van der Waals surface area contributed by atoms with Gasteiger partial charge in [-0.25, -0.2) is 19.9 Å². The molecule has 0 spiro atoms. The van der Waals surface area contributed by atoms with Gasteiger partial charge in [0.15, 0.2) is 11.6 Å². The fourth-order valence-corrected chi connectivity index (χ4v) is 3.89. The molecule has 1 atom stereocenters. The normalized spacial score (nSPS) is 12.5. The van der Waals surface area contributed by atoms with Gasteiger partial charge in [-0.1, -0.05) is 0 Å². The maximum Gasteiger partial charge on any atom is 0.418 e. The molecule has 0 fully saturated rings. The van der Waals surface area contributed by atoms with Crippen molar-refractivity contribution in [1.29, 1.82) is 5.26 Å². The number of fused-ring (bicyclic) bond motifs is 1. The molecule has 4 aromatic rings. The molecule has 0 aliphatic heterocycles. The Kier molecular flexibility index (Phi) is 5.68. The largest absolute Gasteiger partial charge is 0.418 e. The molecule has 1 aromatic carbocycles. The molecule has 0 saturated carbocycles. The number of anilines is 1. The molecule has 0 aliphatic rings. The van der Waals surface area contributed by atoms with Gasteiger partial charge in [0.25, 0.3) is 0 Å². The van der Waals surface area contributed by atoms with Gasteiger partial charge in [0.05, 0.1) is 22.7 Å². The van der Waals surface area contributed by atoms with Crippen LogP contribution in [0.25, 0.3) is 16.7 Å². The highest BCUT2D eigenvalue weighted by molar-refractivity contribution is 14.1. The second-order valence-corrected chi connectivity index (χ2v) is 8.12. The predicted molar refractivity (Wildman–Crippen MR) is 118 cm³/mol. The van der Waals surface area contributed by atoms with Crippen LogP contribution in [0.5, 0.6) is 0 Å². The first kappa shape index (κ1) is 21.9. The van der Waals surface area contributed by atoms with Crippen molar-refractivity contribution >= 4 is 39.3 Å². The fraction of sp³-hybridized carbons (Fsp3) is 0.200. The van der Waals surface area contributed by atoms with Gasteiger partial charge in [-0.05, 0) is 53.8 Å². The van der Waals surface area contributed by atoms with E-state index < -0.39 is 17.8 Å². The lowest BCUT2D eigenvalue weighted by Crippen LogP contribution is -2.26. The number of aromatic nitrogens is 6. The highest BCUT2D eigenvalue weighted by atomic mass is 127. The quantitative estimate of drug-likeness (QED) is 0.350. The highest BCUT2D eigenvalue weighted by Gasteiger charge is 2.34. The molecule has 8 nitrogen and oxygen atoms in total. The van der Waals surface area contributed by atoms with Crippen molar-refractivity contribution in [3.63, 3.8) is 0 Å². The molecule has 0 amide bonds. The zero-order valence-corrected chi connectivity index (χ0v) is 18.9. The lowest BCUT2D eigenvalue weighted by molar-refractivity contribution is -0.136. The average Bonchev–Trinajstić information content (AvgIpc) is 3.26. The van der Waals surface area contributed by atoms with Gasteiger partial charge in [0.2, 0.25) is 0 Å². The topological polar surface area (TPSA) is 96.4 Å². The molecular weight excluding hydrogens is 536 g/mol. The smallest absolute Gasteiger partial charge is 0.349 e. The number of nitrogens with zero attached hydrogens (tertiary/aromatic N) is 8. The molecule has 0 radical (unpaired) electrons. The monoisotopic (exact) mass is 550 g/mol. The van der Waals surface area contributed by atoms with Crippen LogP contribution in [0, 0.1) is 14.9 Å². The number of rotatable bonds is 4. The summed E-state index contributed by atoms with van der Waals surface area (Å²) in [5, 5.41) is 13.5. The van der Waals surface area contributed by atoms with E-state index in [0.717, 1.165) is 12.4 Å². The maximum atomic E-state index is 13.6. The molecule has 0 aliphatic carbocycles. The van der Waals surface area contributed by atoms with Gasteiger partial charge >= 0.3 is 6.18 Å². The highest BCUT2D eigenvalue weighted by Crippen LogP contribution is 2.38. The van der Waals surface area contributed by atoms with Crippen LogP contribution in [0.2, 0.25) is 0 Å². The first-order valence-electron chi connectivity index (χ1n) is 9.21. The molecule has 0 saturated heterocycles. The number of pyridine rings is 1. The van der Waals surface area contributed by atoms with Gasteiger partial charge in [0, 0.05) is 22.2 Å². The summed E-state index contributed by atoms with van der Waals surface area (Å²) < 4.78 is 42.7. The third-order valence-electron chi connectivity index (χ3n) is 4.94. The van der Waals surface area contributed by atoms with Crippen LogP contribution in [0.3, 0.4) is 0 Å². The summed E-state index contributed by atoms with van der Waals surface area (Å²) in [5.74, 6) is 1.28. The van der Waals surface area contributed by atoms with Crippen LogP contribution in [-0.4, -0.2) is 36.8 Å². The fourth-order valence-electron chi connectivity index (χ4n) is 3.26. The zero-order valence-electron chi connectivity index (χ0n) is 16.7. The minimum absolute atomic E-state index is 0.169. The third-order valence-corrected chi connectivity index (χ3v) is 5.57. The van der Waals surface area contributed by atoms with Crippen molar-refractivity contribution in [3.05, 3.63) is 63.6 Å². The summed E-state index contributed by atoms with van der Waals surface area (Å²) >= 11 is 1.85. The van der Waals surface area contributed by atoms with E-state index in [0.29, 0.717) is 26.6 Å². The molecule has 0 bridgehead atoms. The van der Waals surface area contributed by atoms with E-state index in [9.17, 15) is 13.2 Å². The summed E-state index contributed by atoms with van der Waals surface area (Å²) in [6.45, 7) is 1.83. The summed E-state index contributed by atoms with van der Waals surface area (Å²) in [5.41, 5.74) is -0.575. The Morgan fingerprint density at radius 1 is 1.12 bits per heavy atom. The SMILES string of the molecule is C[C@@H](c1ncnn1-c1ccc(C#N)cn1)N(C)c1ncnc2c(C(F)(F)F)cc(I)cc12. The number of benzene rings is 1. The maximum absolute atomic E-state index is 13.6. The summed E-state index contributed by atoms with van der Waals surface area (Å²) in [7, 11) is 1.71. The van der Waals surface area contributed by atoms with Crippen molar-refractivity contribution in [1.82, 2.24) is 29.7 Å². The number of alkyl halides is 3. The minimum Gasteiger partial charge on any atom is -0.349 e. The minimum atomic E-state index is -4.54. The summed E-state index contributed by atoms with van der Waals surface area (Å²) in [4.78, 5) is 18.4. The third kappa shape index (κ3) is 3.95. The zero-order chi connectivity index (χ0) is 23.0. The Hall–Kier alpha value is -3.34. The lowest BCUT2D eigenvalue weighted by atomic mass is 10.1. The van der Waals surface area contributed by atoms with Crippen molar-refractivity contribution in [3.8, 4) is 11.9 Å². The molecule has 162 valence electrons. The molecular formula is C20H14F3IN8. The van der Waals surface area contributed by atoms with Crippen molar-refractivity contribution < 1.29 is 13.2 Å². The molecule has 0 unspecified atom stereocenters. The average molecular weight is 550 g/mol. The first-order valence-corrected chi connectivity index (χ1v) is 10.3. The molecule has 4 rings (SSSR count). The molecule has 3 heterocycles. The van der Waals surface area contributed by atoms with E-state index in [1.165, 1.54) is 17.2 Å². The van der Waals surface area contributed by atoms with Crippen LogP contribution in [0.15, 0.2) is 43.1 Å². The summed E-state index contributed by atoms with van der Waals surface area (Å²) in [6.07, 6.45) is -0.636. The van der Waals surface area contributed by atoms with E-state index in [-0.39, 0.29) is 10.9 Å². The molecule has 3 aromatic heterocycles. The van der Waals surface area contributed by atoms with Crippen LogP contribution < -0.4 is 4.90 Å². The van der Waals surface area contributed by atoms with Crippen molar-refractivity contribution in [2.24, 2.45) is 0 Å². The van der Waals surface area contributed by atoms with Crippen molar-refractivity contribution in [2.75, 3.05) is 11.9 Å². The summed E-state index contributed by atoms with van der Waals surface area (Å²) in [6, 6.07) is 7.51. The van der Waals surface area contributed by atoms with E-state index in [2.05, 4.69) is 25.0 Å². The van der Waals surface area contributed by atoms with Gasteiger partial charge in [-0.3, -0.25) is 0 Å². The molecule has 32 heavy (non-hydrogen) atoms. The predicted octanol–water partition coefficient (Wildman–Crippen LogP) is 4.30. The molecule has 0 N–H and O–H groups in total. The second kappa shape index (κ2) is 8.30. The van der Waals surface area contributed by atoms with Gasteiger partial charge in [-0.2, -0.15) is 28.2 Å². The van der Waals surface area contributed by atoms with Crippen LogP contribution in [0.1, 0.15) is 29.9 Å². The molecule has 12 heteroatoms. The van der Waals surface area contributed by atoms with E-state index in [1.54, 1.807) is 30.1 Å². The van der Waals surface area contributed by atoms with Crippen LogP contribution in [-0.2, 0) is 6.18 Å². The van der Waals surface area contributed by atoms with Crippen molar-refractivity contribution in [2.45, 2.75) is 19.1 Å². The lowest BCUT2D eigenvalue weighted by Gasteiger charge is -2.26. The Bertz CT molecular complexity index is 1330. The van der Waals surface area contributed by atoms with Crippen LogP contribution in [0.4, 0.5) is 19.0 Å².